The highest BCUT2D eigenvalue weighted by Gasteiger charge is 2.00. The molecule has 0 atom stereocenters. The van der Waals surface area contributed by atoms with Crippen molar-refractivity contribution in [1.82, 2.24) is 15.6 Å². The number of hydrogen-bond acceptors (Lipinski definition) is 4. The maximum absolute atomic E-state index is 5.46. The van der Waals surface area contributed by atoms with E-state index >= 15 is 0 Å². The number of rotatable bonds is 9. The van der Waals surface area contributed by atoms with Crippen molar-refractivity contribution in [3.63, 3.8) is 0 Å². The normalized spacial score (nSPS) is 11.3. The van der Waals surface area contributed by atoms with E-state index in [1.54, 1.807) is 13.3 Å². The molecule has 140 valence electrons. The third-order valence-corrected chi connectivity index (χ3v) is 3.68. The minimum atomic E-state index is 0.495. The third-order valence-electron chi connectivity index (χ3n) is 3.68. The Morgan fingerprint density at radius 3 is 2.46 bits per heavy atom. The number of guanidine groups is 1. The van der Waals surface area contributed by atoms with Crippen LogP contribution in [-0.4, -0.2) is 37.8 Å². The van der Waals surface area contributed by atoms with Crippen LogP contribution < -0.4 is 15.4 Å². The van der Waals surface area contributed by atoms with Gasteiger partial charge in [0.25, 0.3) is 0 Å². The van der Waals surface area contributed by atoms with E-state index in [0.717, 1.165) is 24.6 Å². The Labute approximate surface area is 155 Å². The Bertz CT molecular complexity index is 669. The second-order valence-electron chi connectivity index (χ2n) is 5.88. The molecule has 0 bridgehead atoms. The summed E-state index contributed by atoms with van der Waals surface area (Å²) in [7, 11) is 1.65. The zero-order valence-corrected chi connectivity index (χ0v) is 15.8. The minimum Gasteiger partial charge on any atom is -0.475 e. The fourth-order valence-corrected chi connectivity index (χ4v) is 2.22. The van der Waals surface area contributed by atoms with E-state index < -0.39 is 0 Å². The van der Waals surface area contributed by atoms with E-state index in [1.165, 1.54) is 11.1 Å². The molecule has 0 amide bonds. The topological polar surface area (TPSA) is 67.8 Å². The number of aliphatic imine (C=N–C) groups is 1. The lowest BCUT2D eigenvalue weighted by Crippen LogP contribution is -2.36. The lowest BCUT2D eigenvalue weighted by molar-refractivity contribution is 0.143. The number of benzene rings is 1. The van der Waals surface area contributed by atoms with Crippen LogP contribution in [0.2, 0.25) is 0 Å². The molecule has 1 aromatic carbocycles. The lowest BCUT2D eigenvalue weighted by atomic mass is 10.1. The molecule has 6 nitrogen and oxygen atoms in total. The Hall–Kier alpha value is -2.60. The summed E-state index contributed by atoms with van der Waals surface area (Å²) >= 11 is 0. The van der Waals surface area contributed by atoms with Crippen molar-refractivity contribution in [2.45, 2.75) is 26.9 Å². The highest BCUT2D eigenvalue weighted by atomic mass is 16.5. The van der Waals surface area contributed by atoms with Gasteiger partial charge in [0.2, 0.25) is 5.88 Å². The van der Waals surface area contributed by atoms with Crippen molar-refractivity contribution in [3.8, 4) is 5.88 Å². The van der Waals surface area contributed by atoms with Gasteiger partial charge in [-0.1, -0.05) is 35.9 Å². The second-order valence-corrected chi connectivity index (χ2v) is 5.88. The summed E-state index contributed by atoms with van der Waals surface area (Å²) in [5.41, 5.74) is 3.51. The number of methoxy groups -OCH3 is 1. The molecule has 0 spiro atoms. The first-order valence-electron chi connectivity index (χ1n) is 8.85. The van der Waals surface area contributed by atoms with E-state index in [-0.39, 0.29) is 0 Å². The highest BCUT2D eigenvalue weighted by molar-refractivity contribution is 5.79. The SMILES string of the molecule is CCNC(=NCc1ccc(OCCOC)nc1)NCc1ccc(C)cc1. The molecular weight excluding hydrogens is 328 g/mol. The molecular formula is C20H28N4O2. The van der Waals surface area contributed by atoms with Crippen LogP contribution >= 0.6 is 0 Å². The number of aromatic nitrogens is 1. The fraction of sp³-hybridized carbons (Fsp3) is 0.400. The molecule has 6 heteroatoms. The van der Waals surface area contributed by atoms with Crippen molar-refractivity contribution < 1.29 is 9.47 Å². The molecule has 0 fully saturated rings. The van der Waals surface area contributed by atoms with Crippen LogP contribution in [0.5, 0.6) is 5.88 Å². The van der Waals surface area contributed by atoms with Gasteiger partial charge in [0.05, 0.1) is 13.2 Å². The van der Waals surface area contributed by atoms with E-state index in [2.05, 4.69) is 58.7 Å². The number of pyridine rings is 1. The van der Waals surface area contributed by atoms with Crippen molar-refractivity contribution >= 4 is 5.96 Å². The van der Waals surface area contributed by atoms with Gasteiger partial charge >= 0.3 is 0 Å². The molecule has 0 aliphatic heterocycles. The zero-order valence-electron chi connectivity index (χ0n) is 15.8. The smallest absolute Gasteiger partial charge is 0.213 e. The van der Waals surface area contributed by atoms with Crippen molar-refractivity contribution in [2.75, 3.05) is 26.9 Å². The van der Waals surface area contributed by atoms with Crippen LogP contribution in [0.3, 0.4) is 0 Å². The molecule has 26 heavy (non-hydrogen) atoms. The summed E-state index contributed by atoms with van der Waals surface area (Å²) in [5.74, 6) is 1.38. The van der Waals surface area contributed by atoms with Crippen molar-refractivity contribution in [2.24, 2.45) is 4.99 Å². The Morgan fingerprint density at radius 2 is 1.81 bits per heavy atom. The van der Waals surface area contributed by atoms with Gasteiger partial charge in [-0.15, -0.1) is 0 Å². The number of aryl methyl sites for hydroxylation is 1. The Kier molecular flexibility index (Phi) is 8.42. The summed E-state index contributed by atoms with van der Waals surface area (Å²) in [5, 5.41) is 6.61. The van der Waals surface area contributed by atoms with Gasteiger partial charge in [0.15, 0.2) is 5.96 Å². The van der Waals surface area contributed by atoms with Crippen molar-refractivity contribution in [1.29, 1.82) is 0 Å². The van der Waals surface area contributed by atoms with Crippen LogP contribution in [0, 0.1) is 6.92 Å². The molecule has 1 heterocycles. The number of ether oxygens (including phenoxy) is 2. The fourth-order valence-electron chi connectivity index (χ4n) is 2.22. The van der Waals surface area contributed by atoms with Gasteiger partial charge in [-0.3, -0.25) is 0 Å². The third kappa shape index (κ3) is 7.11. The summed E-state index contributed by atoms with van der Waals surface area (Å²) < 4.78 is 10.4. The van der Waals surface area contributed by atoms with E-state index in [0.29, 0.717) is 25.6 Å². The molecule has 2 aromatic rings. The molecule has 0 unspecified atom stereocenters. The first-order chi connectivity index (χ1) is 12.7. The minimum absolute atomic E-state index is 0.495. The van der Waals surface area contributed by atoms with E-state index in [9.17, 15) is 0 Å². The van der Waals surface area contributed by atoms with E-state index in [4.69, 9.17) is 9.47 Å². The van der Waals surface area contributed by atoms with Gasteiger partial charge in [0.1, 0.15) is 6.61 Å². The predicted octanol–water partition coefficient (Wildman–Crippen LogP) is 2.67. The molecule has 0 radical (unpaired) electrons. The zero-order chi connectivity index (χ0) is 18.6. The first-order valence-corrected chi connectivity index (χ1v) is 8.85. The van der Waals surface area contributed by atoms with Gasteiger partial charge in [-0.25, -0.2) is 9.98 Å². The summed E-state index contributed by atoms with van der Waals surface area (Å²) in [6.07, 6.45) is 1.79. The van der Waals surface area contributed by atoms with Crippen molar-refractivity contribution in [3.05, 3.63) is 59.3 Å². The predicted molar refractivity (Wildman–Crippen MR) is 104 cm³/mol. The Morgan fingerprint density at radius 1 is 1.04 bits per heavy atom. The average Bonchev–Trinajstić information content (AvgIpc) is 2.66. The maximum Gasteiger partial charge on any atom is 0.213 e. The summed E-state index contributed by atoms with van der Waals surface area (Å²) in [6, 6.07) is 12.3. The summed E-state index contributed by atoms with van der Waals surface area (Å²) in [6.45, 7) is 7.28. The molecule has 2 rings (SSSR count). The van der Waals surface area contributed by atoms with Gasteiger partial charge in [-0.2, -0.15) is 0 Å². The first kappa shape index (κ1) is 19.7. The largest absolute Gasteiger partial charge is 0.475 e. The molecule has 2 N–H and O–H groups in total. The molecule has 0 aliphatic carbocycles. The van der Waals surface area contributed by atoms with Crippen LogP contribution in [-0.2, 0) is 17.8 Å². The molecule has 0 saturated heterocycles. The van der Waals surface area contributed by atoms with Gasteiger partial charge < -0.3 is 20.1 Å². The number of nitrogens with one attached hydrogen (secondary N) is 2. The maximum atomic E-state index is 5.46. The summed E-state index contributed by atoms with van der Waals surface area (Å²) in [4.78, 5) is 8.90. The number of nitrogens with zero attached hydrogens (tertiary/aromatic N) is 2. The quantitative estimate of drug-likeness (QED) is 0.411. The monoisotopic (exact) mass is 356 g/mol. The van der Waals surface area contributed by atoms with Crippen LogP contribution in [0.1, 0.15) is 23.6 Å². The van der Waals surface area contributed by atoms with Crippen LogP contribution in [0.25, 0.3) is 0 Å². The average molecular weight is 356 g/mol. The Balaban J connectivity index is 1.88. The second kappa shape index (κ2) is 11.1. The van der Waals surface area contributed by atoms with E-state index in [1.807, 2.05) is 12.1 Å². The number of hydrogen-bond donors (Lipinski definition) is 2. The standard InChI is InChI=1S/C20H28N4O2/c1-4-21-20(23-13-17-7-5-16(2)6-8-17)24-15-18-9-10-19(22-14-18)26-12-11-25-3/h5-10,14H,4,11-13,15H2,1-3H3,(H2,21,23,24). The molecule has 0 saturated carbocycles. The molecule has 1 aromatic heterocycles. The van der Waals surface area contributed by atoms with Crippen LogP contribution in [0.15, 0.2) is 47.6 Å². The highest BCUT2D eigenvalue weighted by Crippen LogP contribution is 2.08. The molecule has 0 aliphatic rings. The van der Waals surface area contributed by atoms with Gasteiger partial charge in [-0.05, 0) is 25.0 Å². The van der Waals surface area contributed by atoms with Crippen LogP contribution in [0.4, 0.5) is 0 Å². The van der Waals surface area contributed by atoms with Gasteiger partial charge in [0, 0.05) is 32.5 Å². The lowest BCUT2D eigenvalue weighted by Gasteiger charge is -2.11.